The van der Waals surface area contributed by atoms with Crippen LogP contribution in [0, 0.1) is 42.9 Å². The van der Waals surface area contributed by atoms with Crippen molar-refractivity contribution < 1.29 is 20.1 Å². The Kier molecular flexibility index (Phi) is 12.5. The molecular formula is C35H56O4. The van der Waals surface area contributed by atoms with Crippen LogP contribution in [0.4, 0.5) is 0 Å². The molecule has 1 unspecified atom stereocenters. The van der Waals surface area contributed by atoms with Crippen LogP contribution in [0.15, 0.2) is 24.3 Å². The van der Waals surface area contributed by atoms with E-state index in [9.17, 15) is 15.3 Å². The second-order valence-corrected chi connectivity index (χ2v) is 13.6. The molecule has 0 fully saturated rings. The van der Waals surface area contributed by atoms with E-state index in [1.165, 1.54) is 22.3 Å². The smallest absolute Gasteiger partial charge is 0.136 e. The molecule has 0 saturated carbocycles. The molecular weight excluding hydrogens is 484 g/mol. The van der Waals surface area contributed by atoms with Crippen LogP contribution in [0.25, 0.3) is 0 Å². The van der Waals surface area contributed by atoms with E-state index < -0.39 is 11.5 Å². The van der Waals surface area contributed by atoms with Crippen LogP contribution in [0.2, 0.25) is 0 Å². The van der Waals surface area contributed by atoms with Crippen LogP contribution in [-0.4, -0.2) is 35.1 Å². The third-order valence-electron chi connectivity index (χ3n) is 7.39. The number of aliphatic hydroxyl groups excluding tert-OH is 3. The van der Waals surface area contributed by atoms with Gasteiger partial charge in [0.1, 0.15) is 11.9 Å². The molecule has 0 aliphatic rings. The average molecular weight is 541 g/mol. The Hall–Kier alpha value is -1.88. The van der Waals surface area contributed by atoms with Gasteiger partial charge >= 0.3 is 0 Å². The van der Waals surface area contributed by atoms with Gasteiger partial charge in [0.2, 0.25) is 0 Å². The largest absolute Gasteiger partial charge is 0.484 e. The lowest BCUT2D eigenvalue weighted by Crippen LogP contribution is -2.44. The Labute approximate surface area is 238 Å². The SMILES string of the molecule is Cc1cc(CC(C)C)c(OC(c2c(CC(C)C)cc(C)cc2CC(C)C)C(CO)(CO)CO)c(CC(C)C)c1. The van der Waals surface area contributed by atoms with Crippen molar-refractivity contribution in [2.75, 3.05) is 19.8 Å². The van der Waals surface area contributed by atoms with Gasteiger partial charge in [0.15, 0.2) is 0 Å². The fourth-order valence-corrected chi connectivity index (χ4v) is 5.78. The number of hydrogen-bond donors (Lipinski definition) is 3. The van der Waals surface area contributed by atoms with Crippen LogP contribution in [0.3, 0.4) is 0 Å². The number of aryl methyl sites for hydroxylation is 2. The van der Waals surface area contributed by atoms with Gasteiger partial charge in [-0.25, -0.2) is 0 Å². The summed E-state index contributed by atoms with van der Waals surface area (Å²) in [4.78, 5) is 0. The normalized spacial score (nSPS) is 13.3. The molecule has 4 nitrogen and oxygen atoms in total. The molecule has 2 aromatic carbocycles. The Morgan fingerprint density at radius 2 is 0.872 bits per heavy atom. The molecule has 39 heavy (non-hydrogen) atoms. The van der Waals surface area contributed by atoms with Crippen molar-refractivity contribution in [1.82, 2.24) is 0 Å². The molecule has 0 amide bonds. The highest BCUT2D eigenvalue weighted by Crippen LogP contribution is 2.44. The molecule has 0 saturated heterocycles. The van der Waals surface area contributed by atoms with Gasteiger partial charge in [0, 0.05) is 0 Å². The van der Waals surface area contributed by atoms with Crippen molar-refractivity contribution in [2.45, 2.75) is 101 Å². The first kappa shape index (κ1) is 33.3. The van der Waals surface area contributed by atoms with Crippen LogP contribution < -0.4 is 4.74 Å². The predicted molar refractivity (Wildman–Crippen MR) is 164 cm³/mol. The van der Waals surface area contributed by atoms with Crippen molar-refractivity contribution in [2.24, 2.45) is 29.1 Å². The predicted octanol–water partition coefficient (Wildman–Crippen LogP) is 7.18. The minimum Gasteiger partial charge on any atom is -0.484 e. The van der Waals surface area contributed by atoms with Gasteiger partial charge in [-0.1, -0.05) is 90.8 Å². The number of benzene rings is 2. The molecule has 0 heterocycles. The molecule has 220 valence electrons. The fraction of sp³-hybridized carbons (Fsp3) is 0.657. The van der Waals surface area contributed by atoms with Crippen LogP contribution in [-0.2, 0) is 25.7 Å². The molecule has 0 bridgehead atoms. The summed E-state index contributed by atoms with van der Waals surface area (Å²) >= 11 is 0. The number of aliphatic hydroxyl groups is 3. The van der Waals surface area contributed by atoms with E-state index in [1.54, 1.807) is 0 Å². The van der Waals surface area contributed by atoms with E-state index in [-0.39, 0.29) is 19.8 Å². The number of rotatable bonds is 15. The Morgan fingerprint density at radius 1 is 0.564 bits per heavy atom. The summed E-state index contributed by atoms with van der Waals surface area (Å²) in [5.74, 6) is 2.55. The van der Waals surface area contributed by atoms with Gasteiger partial charge in [0.05, 0.1) is 25.2 Å². The summed E-state index contributed by atoms with van der Waals surface area (Å²) in [5.41, 5.74) is 6.82. The third-order valence-corrected chi connectivity index (χ3v) is 7.39. The standard InChI is InChI=1S/C35H56O4/c1-22(2)11-28-15-26(9)16-29(12-23(3)4)32(28)34(35(19-36,20-37)21-38)39-33-30(13-24(5)6)17-27(10)18-31(33)14-25(7)8/h15-18,22-25,34,36-38H,11-14,19-21H2,1-10H3. The molecule has 0 aliphatic heterocycles. The van der Waals surface area contributed by atoms with E-state index in [0.29, 0.717) is 23.7 Å². The molecule has 0 aromatic heterocycles. The molecule has 2 aromatic rings. The second kappa shape index (κ2) is 14.7. The minimum atomic E-state index is -1.25. The lowest BCUT2D eigenvalue weighted by Gasteiger charge is -2.40. The zero-order valence-electron chi connectivity index (χ0n) is 26.4. The van der Waals surface area contributed by atoms with Crippen molar-refractivity contribution in [3.8, 4) is 5.75 Å². The minimum absolute atomic E-state index is 0.383. The van der Waals surface area contributed by atoms with Crippen molar-refractivity contribution in [3.05, 3.63) is 63.2 Å². The van der Waals surface area contributed by atoms with Crippen molar-refractivity contribution in [1.29, 1.82) is 0 Å². The van der Waals surface area contributed by atoms with E-state index in [0.717, 1.165) is 48.1 Å². The maximum absolute atomic E-state index is 10.8. The third kappa shape index (κ3) is 8.80. The zero-order chi connectivity index (χ0) is 29.5. The molecule has 0 aliphatic carbocycles. The van der Waals surface area contributed by atoms with Gasteiger partial charge < -0.3 is 20.1 Å². The molecule has 0 radical (unpaired) electrons. The second-order valence-electron chi connectivity index (χ2n) is 13.6. The highest BCUT2D eigenvalue weighted by atomic mass is 16.5. The Balaban J connectivity index is 2.97. The first-order valence-electron chi connectivity index (χ1n) is 15.0. The van der Waals surface area contributed by atoms with Crippen molar-refractivity contribution in [3.63, 3.8) is 0 Å². The summed E-state index contributed by atoms with van der Waals surface area (Å²) in [6.07, 6.45) is 2.73. The number of hydrogen-bond acceptors (Lipinski definition) is 4. The van der Waals surface area contributed by atoms with Gasteiger partial charge in [-0.2, -0.15) is 0 Å². The van der Waals surface area contributed by atoms with Gasteiger partial charge in [-0.05, 0) is 91.0 Å². The highest BCUT2D eigenvalue weighted by molar-refractivity contribution is 5.48. The first-order chi connectivity index (χ1) is 18.3. The summed E-state index contributed by atoms with van der Waals surface area (Å²) in [5, 5.41) is 32.3. The van der Waals surface area contributed by atoms with E-state index in [2.05, 4.69) is 93.5 Å². The molecule has 2 rings (SSSR count). The first-order valence-corrected chi connectivity index (χ1v) is 15.0. The lowest BCUT2D eigenvalue weighted by atomic mass is 9.75. The lowest BCUT2D eigenvalue weighted by molar-refractivity contribution is -0.0754. The molecule has 1 atom stereocenters. The van der Waals surface area contributed by atoms with Crippen molar-refractivity contribution >= 4 is 0 Å². The van der Waals surface area contributed by atoms with Gasteiger partial charge in [-0.3, -0.25) is 0 Å². The van der Waals surface area contributed by atoms with E-state index in [4.69, 9.17) is 4.74 Å². The maximum atomic E-state index is 10.8. The maximum Gasteiger partial charge on any atom is 0.136 e. The zero-order valence-corrected chi connectivity index (χ0v) is 26.4. The quantitative estimate of drug-likeness (QED) is 0.224. The van der Waals surface area contributed by atoms with Gasteiger partial charge in [0.25, 0.3) is 0 Å². The average Bonchev–Trinajstić information content (AvgIpc) is 2.80. The monoisotopic (exact) mass is 540 g/mol. The van der Waals surface area contributed by atoms with Gasteiger partial charge in [-0.15, -0.1) is 0 Å². The van der Waals surface area contributed by atoms with Crippen LogP contribution >= 0.6 is 0 Å². The Bertz CT molecular complexity index is 976. The summed E-state index contributed by atoms with van der Waals surface area (Å²) < 4.78 is 7.16. The van der Waals surface area contributed by atoms with E-state index >= 15 is 0 Å². The molecule has 4 heteroatoms. The van der Waals surface area contributed by atoms with Crippen LogP contribution in [0.5, 0.6) is 5.75 Å². The fourth-order valence-electron chi connectivity index (χ4n) is 5.78. The topological polar surface area (TPSA) is 69.9 Å². The summed E-state index contributed by atoms with van der Waals surface area (Å²) in [6.45, 7) is 20.8. The number of ether oxygens (including phenoxy) is 1. The van der Waals surface area contributed by atoms with E-state index in [1.807, 2.05) is 0 Å². The Morgan fingerprint density at radius 3 is 1.18 bits per heavy atom. The van der Waals surface area contributed by atoms with Crippen LogP contribution in [0.1, 0.15) is 100 Å². The molecule has 3 N–H and O–H groups in total. The summed E-state index contributed by atoms with van der Waals surface area (Å²) in [6, 6.07) is 8.89. The highest BCUT2D eigenvalue weighted by Gasteiger charge is 2.43. The summed E-state index contributed by atoms with van der Waals surface area (Å²) in [7, 11) is 0. The molecule has 0 spiro atoms.